The molecule has 0 spiro atoms. The number of hydrogen-bond acceptors (Lipinski definition) is 6. The summed E-state index contributed by atoms with van der Waals surface area (Å²) in [6.45, 7) is 0.949. The maximum absolute atomic E-state index is 12.7. The number of ketones is 1. The van der Waals surface area contributed by atoms with Crippen LogP contribution in [0.5, 0.6) is 0 Å². The molecule has 0 saturated carbocycles. The second-order valence-electron chi connectivity index (χ2n) is 5.97. The van der Waals surface area contributed by atoms with Crippen LogP contribution in [0.1, 0.15) is 33.9 Å². The Balaban J connectivity index is 1.52. The van der Waals surface area contributed by atoms with Crippen molar-refractivity contribution >= 4 is 17.5 Å². The summed E-state index contributed by atoms with van der Waals surface area (Å²) in [5.74, 6) is -0.0666. The van der Waals surface area contributed by atoms with Gasteiger partial charge in [0.05, 0.1) is 0 Å². The van der Waals surface area contributed by atoms with Crippen molar-refractivity contribution in [3.05, 3.63) is 54.4 Å². The van der Waals surface area contributed by atoms with Crippen LogP contribution in [0.2, 0.25) is 0 Å². The Hall–Kier alpha value is -3.16. The van der Waals surface area contributed by atoms with Gasteiger partial charge < -0.3 is 4.90 Å². The Morgan fingerprint density at radius 2 is 2.00 bits per heavy atom. The molecular weight excluding hydrogens is 320 g/mol. The summed E-state index contributed by atoms with van der Waals surface area (Å²) in [4.78, 5) is 39.3. The van der Waals surface area contributed by atoms with E-state index in [1.807, 2.05) is 0 Å². The minimum absolute atomic E-state index is 0.0253. The van der Waals surface area contributed by atoms with Gasteiger partial charge in [-0.05, 0) is 31.0 Å². The zero-order valence-corrected chi connectivity index (χ0v) is 13.4. The molecule has 4 rings (SSSR count). The third kappa shape index (κ3) is 2.98. The van der Waals surface area contributed by atoms with Crippen molar-refractivity contribution in [2.24, 2.45) is 5.92 Å². The number of aromatic nitrogens is 5. The van der Waals surface area contributed by atoms with Gasteiger partial charge in [-0.3, -0.25) is 14.6 Å². The van der Waals surface area contributed by atoms with Crippen LogP contribution in [-0.2, 0) is 0 Å². The highest BCUT2D eigenvalue weighted by atomic mass is 16.2. The molecule has 8 nitrogen and oxygen atoms in total. The van der Waals surface area contributed by atoms with Gasteiger partial charge in [-0.25, -0.2) is 9.50 Å². The number of pyridine rings is 1. The lowest BCUT2D eigenvalue weighted by molar-refractivity contribution is 0.0625. The van der Waals surface area contributed by atoms with E-state index >= 15 is 0 Å². The van der Waals surface area contributed by atoms with Crippen LogP contribution in [0.3, 0.4) is 0 Å². The molecular formula is C17H16N6O2. The monoisotopic (exact) mass is 336 g/mol. The van der Waals surface area contributed by atoms with Crippen LogP contribution in [0.25, 0.3) is 5.78 Å². The molecule has 25 heavy (non-hydrogen) atoms. The fraction of sp³-hybridized carbons (Fsp3) is 0.294. The average molecular weight is 336 g/mol. The summed E-state index contributed by atoms with van der Waals surface area (Å²) < 4.78 is 1.47. The molecule has 1 saturated heterocycles. The van der Waals surface area contributed by atoms with Crippen molar-refractivity contribution in [2.45, 2.75) is 12.8 Å². The van der Waals surface area contributed by atoms with Gasteiger partial charge in [0.2, 0.25) is 5.82 Å². The summed E-state index contributed by atoms with van der Waals surface area (Å²) in [6, 6.07) is 6.99. The summed E-state index contributed by atoms with van der Waals surface area (Å²) in [6.07, 6.45) is 6.41. The van der Waals surface area contributed by atoms with Gasteiger partial charge in [0.1, 0.15) is 5.69 Å². The first kappa shape index (κ1) is 15.4. The van der Waals surface area contributed by atoms with Gasteiger partial charge in [0.25, 0.3) is 11.7 Å². The molecule has 0 N–H and O–H groups in total. The second kappa shape index (κ2) is 6.39. The number of rotatable bonds is 3. The van der Waals surface area contributed by atoms with Gasteiger partial charge in [-0.2, -0.15) is 4.98 Å². The second-order valence-corrected chi connectivity index (χ2v) is 5.97. The van der Waals surface area contributed by atoms with E-state index in [1.165, 1.54) is 4.52 Å². The first-order valence-electron chi connectivity index (χ1n) is 8.14. The molecule has 3 aromatic heterocycles. The van der Waals surface area contributed by atoms with Gasteiger partial charge in [-0.1, -0.05) is 6.07 Å². The number of hydrogen-bond donors (Lipinski definition) is 0. The van der Waals surface area contributed by atoms with E-state index in [-0.39, 0.29) is 23.4 Å². The highest BCUT2D eigenvalue weighted by molar-refractivity contribution is 5.97. The predicted molar refractivity (Wildman–Crippen MR) is 88.0 cm³/mol. The molecule has 1 aliphatic rings. The molecule has 0 aromatic carbocycles. The van der Waals surface area contributed by atoms with E-state index < -0.39 is 0 Å². The third-order valence-electron chi connectivity index (χ3n) is 4.30. The molecule has 0 radical (unpaired) electrons. The SMILES string of the molecule is O=C(c1ccccn1)[C@H]1CCCN(C(=O)c2nc3ncccn3n2)C1. The van der Waals surface area contributed by atoms with Crippen LogP contribution in [0.4, 0.5) is 0 Å². The summed E-state index contributed by atoms with van der Waals surface area (Å²) in [5, 5.41) is 4.17. The number of piperidine rings is 1. The van der Waals surface area contributed by atoms with E-state index in [1.54, 1.807) is 47.8 Å². The van der Waals surface area contributed by atoms with Crippen LogP contribution >= 0.6 is 0 Å². The third-order valence-corrected chi connectivity index (χ3v) is 4.30. The van der Waals surface area contributed by atoms with Crippen molar-refractivity contribution < 1.29 is 9.59 Å². The molecule has 8 heteroatoms. The summed E-state index contributed by atoms with van der Waals surface area (Å²) in [5.41, 5.74) is 0.442. The molecule has 1 fully saturated rings. The Labute approximate surface area is 143 Å². The maximum Gasteiger partial charge on any atom is 0.293 e. The Morgan fingerprint density at radius 3 is 2.80 bits per heavy atom. The molecule has 3 aromatic rings. The minimum atomic E-state index is -0.274. The number of nitrogens with zero attached hydrogens (tertiary/aromatic N) is 6. The largest absolute Gasteiger partial charge is 0.335 e. The lowest BCUT2D eigenvalue weighted by Gasteiger charge is -2.31. The standard InChI is InChI=1S/C17H16N6O2/c24-14(13-6-1-2-7-18-13)12-5-3-9-22(11-12)16(25)15-20-17-19-8-4-10-23(17)21-15/h1-2,4,6-8,10,12H,3,5,9,11H2/t12-/m0/s1. The van der Waals surface area contributed by atoms with E-state index in [0.29, 0.717) is 24.6 Å². The highest BCUT2D eigenvalue weighted by Crippen LogP contribution is 2.21. The highest BCUT2D eigenvalue weighted by Gasteiger charge is 2.31. The topological polar surface area (TPSA) is 93.4 Å². The van der Waals surface area contributed by atoms with Gasteiger partial charge in [0, 0.05) is 37.6 Å². The number of carbonyl (C=O) groups excluding carboxylic acids is 2. The summed E-state index contributed by atoms with van der Waals surface area (Å²) >= 11 is 0. The fourth-order valence-electron chi connectivity index (χ4n) is 3.06. The Morgan fingerprint density at radius 1 is 1.12 bits per heavy atom. The molecule has 0 unspecified atom stereocenters. The molecule has 1 amide bonds. The minimum Gasteiger partial charge on any atom is -0.335 e. The zero-order valence-electron chi connectivity index (χ0n) is 13.4. The number of carbonyl (C=O) groups is 2. The van der Waals surface area contributed by atoms with E-state index in [2.05, 4.69) is 20.1 Å². The quantitative estimate of drug-likeness (QED) is 0.668. The van der Waals surface area contributed by atoms with E-state index in [0.717, 1.165) is 12.8 Å². The number of likely N-dealkylation sites (tertiary alicyclic amines) is 1. The van der Waals surface area contributed by atoms with Crippen molar-refractivity contribution in [3.63, 3.8) is 0 Å². The van der Waals surface area contributed by atoms with Crippen LogP contribution in [0.15, 0.2) is 42.9 Å². The van der Waals surface area contributed by atoms with Gasteiger partial charge >= 0.3 is 0 Å². The Kier molecular flexibility index (Phi) is 3.93. The first-order chi connectivity index (χ1) is 12.2. The smallest absolute Gasteiger partial charge is 0.293 e. The van der Waals surface area contributed by atoms with Crippen LogP contribution in [0, 0.1) is 5.92 Å². The average Bonchev–Trinajstić information content (AvgIpc) is 3.12. The van der Waals surface area contributed by atoms with Crippen LogP contribution < -0.4 is 0 Å². The van der Waals surface area contributed by atoms with Crippen molar-refractivity contribution in [2.75, 3.05) is 13.1 Å². The molecule has 1 aliphatic heterocycles. The molecule has 0 aliphatic carbocycles. The lowest BCUT2D eigenvalue weighted by Crippen LogP contribution is -2.42. The maximum atomic E-state index is 12.7. The van der Waals surface area contributed by atoms with Gasteiger partial charge in [0.15, 0.2) is 5.78 Å². The number of Topliss-reactive ketones (excluding diaryl/α,β-unsaturated/α-hetero) is 1. The molecule has 0 bridgehead atoms. The Bertz CT molecular complexity index is 890. The number of fused-ring (bicyclic) bond motifs is 1. The predicted octanol–water partition coefficient (Wildman–Crippen LogP) is 1.25. The van der Waals surface area contributed by atoms with Crippen molar-refractivity contribution in [1.29, 1.82) is 0 Å². The fourth-order valence-corrected chi connectivity index (χ4v) is 3.06. The number of amides is 1. The van der Waals surface area contributed by atoms with Crippen molar-refractivity contribution in [3.8, 4) is 0 Å². The molecule has 4 heterocycles. The zero-order chi connectivity index (χ0) is 17.2. The van der Waals surface area contributed by atoms with Crippen LogP contribution in [-0.4, -0.2) is 54.2 Å². The van der Waals surface area contributed by atoms with Gasteiger partial charge in [-0.15, -0.1) is 5.10 Å². The van der Waals surface area contributed by atoms with E-state index in [4.69, 9.17) is 0 Å². The van der Waals surface area contributed by atoms with Crippen molar-refractivity contribution in [1.82, 2.24) is 29.5 Å². The first-order valence-corrected chi connectivity index (χ1v) is 8.14. The lowest BCUT2D eigenvalue weighted by atomic mass is 9.92. The summed E-state index contributed by atoms with van der Waals surface area (Å²) in [7, 11) is 0. The normalized spacial score (nSPS) is 17.6. The molecule has 1 atom stereocenters. The van der Waals surface area contributed by atoms with E-state index in [9.17, 15) is 9.59 Å². The molecule has 126 valence electrons.